The number of amides is 2. The lowest BCUT2D eigenvalue weighted by atomic mass is 9.99. The van der Waals surface area contributed by atoms with Crippen molar-refractivity contribution in [3.8, 4) is 28.3 Å². The number of carbonyl (C=O) groups is 1. The van der Waals surface area contributed by atoms with Gasteiger partial charge in [0.2, 0.25) is 0 Å². The molecular formula is C25H27N7O2. The number of hydrogen-bond donors (Lipinski definition) is 1. The number of likely N-dealkylation sites (tertiary alicyclic amines) is 1. The number of hydrogen-bond acceptors (Lipinski definition) is 5. The minimum Gasteiger partial charge on any atom is -0.494 e. The van der Waals surface area contributed by atoms with Gasteiger partial charge in [0.05, 0.1) is 24.9 Å². The maximum absolute atomic E-state index is 12.1. The summed E-state index contributed by atoms with van der Waals surface area (Å²) in [6, 6.07) is 8.62. The van der Waals surface area contributed by atoms with Gasteiger partial charge in [0.1, 0.15) is 22.7 Å². The Balaban J connectivity index is 1.35. The number of aromatic nitrogens is 5. The number of carbonyl (C=O) groups excluding carboxylic acids is 1. The van der Waals surface area contributed by atoms with E-state index in [1.54, 1.807) is 26.1 Å². The van der Waals surface area contributed by atoms with E-state index in [4.69, 9.17) is 9.72 Å². The fraction of sp³-hybridized carbons (Fsp3) is 0.360. The zero-order valence-corrected chi connectivity index (χ0v) is 19.6. The van der Waals surface area contributed by atoms with Crippen molar-refractivity contribution in [3.63, 3.8) is 0 Å². The highest BCUT2D eigenvalue weighted by Crippen LogP contribution is 2.38. The Labute approximate surface area is 197 Å². The summed E-state index contributed by atoms with van der Waals surface area (Å²) in [5, 5.41) is 12.2. The molecule has 2 amide bonds. The Kier molecular flexibility index (Phi) is 4.79. The number of aryl methyl sites for hydroxylation is 1. The molecule has 174 valence electrons. The van der Waals surface area contributed by atoms with Crippen molar-refractivity contribution in [2.75, 3.05) is 34.3 Å². The van der Waals surface area contributed by atoms with Gasteiger partial charge in [-0.05, 0) is 30.4 Å². The van der Waals surface area contributed by atoms with E-state index in [9.17, 15) is 4.79 Å². The third-order valence-corrected chi connectivity index (χ3v) is 6.89. The van der Waals surface area contributed by atoms with Gasteiger partial charge in [0.25, 0.3) is 0 Å². The number of nitrogens with zero attached hydrogens (tertiary/aromatic N) is 6. The lowest BCUT2D eigenvalue weighted by Crippen LogP contribution is -2.53. The number of methoxy groups -OCH3 is 1. The quantitative estimate of drug-likeness (QED) is 0.506. The summed E-state index contributed by atoms with van der Waals surface area (Å²) >= 11 is 0. The van der Waals surface area contributed by atoms with Crippen LogP contribution in [-0.4, -0.2) is 75.1 Å². The minimum atomic E-state index is 0.0278. The number of urea groups is 1. The van der Waals surface area contributed by atoms with Crippen LogP contribution in [0.5, 0.6) is 5.75 Å². The van der Waals surface area contributed by atoms with Crippen LogP contribution in [-0.2, 0) is 12.8 Å². The molecule has 34 heavy (non-hydrogen) atoms. The number of aromatic amines is 1. The lowest BCUT2D eigenvalue weighted by Gasteiger charge is -2.40. The average Bonchev–Trinajstić information content (AvgIpc) is 3.55. The molecule has 1 fully saturated rings. The van der Waals surface area contributed by atoms with Gasteiger partial charge in [-0.1, -0.05) is 18.2 Å². The predicted octanol–water partition coefficient (Wildman–Crippen LogP) is 3.52. The minimum absolute atomic E-state index is 0.0278. The second kappa shape index (κ2) is 7.86. The molecule has 0 saturated carbocycles. The van der Waals surface area contributed by atoms with E-state index in [0.717, 1.165) is 52.1 Å². The van der Waals surface area contributed by atoms with Gasteiger partial charge in [-0.2, -0.15) is 10.2 Å². The molecule has 6 rings (SSSR count). The molecule has 0 radical (unpaired) electrons. The molecule has 2 aliphatic rings. The topological polar surface area (TPSA) is 92.2 Å². The lowest BCUT2D eigenvalue weighted by molar-refractivity contribution is 0.100. The van der Waals surface area contributed by atoms with Crippen LogP contribution in [0.2, 0.25) is 0 Å². The molecule has 1 aliphatic carbocycles. The first-order valence-electron chi connectivity index (χ1n) is 11.6. The highest BCUT2D eigenvalue weighted by atomic mass is 16.5. The summed E-state index contributed by atoms with van der Waals surface area (Å²) in [6.45, 7) is 1.30. The number of nitrogens with one attached hydrogen (secondary N) is 1. The first-order chi connectivity index (χ1) is 16.5. The molecule has 1 aliphatic heterocycles. The van der Waals surface area contributed by atoms with E-state index >= 15 is 0 Å². The number of ether oxygens (including phenoxy) is 1. The number of rotatable bonds is 4. The molecule has 0 unspecified atom stereocenters. The second-order valence-electron chi connectivity index (χ2n) is 9.25. The molecule has 0 spiro atoms. The first-order valence-corrected chi connectivity index (χ1v) is 11.6. The standard InChI is InChI=1S/C25H27N7O2/c1-30(2)25(33)31-13-17(14-31)32-12-16(11-26-32)22-24-20(28-29-22)10-21(34-3)23(27-24)19-9-5-7-15-6-4-8-18(15)19/h5,7,9-12,17H,4,6,8,13-14H2,1-3H3,(H,28,29). The van der Waals surface area contributed by atoms with Crippen LogP contribution >= 0.6 is 0 Å². The Hall–Kier alpha value is -3.88. The Morgan fingerprint density at radius 1 is 1.21 bits per heavy atom. The second-order valence-corrected chi connectivity index (χ2v) is 9.25. The van der Waals surface area contributed by atoms with E-state index in [2.05, 4.69) is 33.5 Å². The highest BCUT2D eigenvalue weighted by molar-refractivity contribution is 5.92. The summed E-state index contributed by atoms with van der Waals surface area (Å²) < 4.78 is 7.64. The molecule has 0 bridgehead atoms. The van der Waals surface area contributed by atoms with Crippen molar-refractivity contribution < 1.29 is 9.53 Å². The highest BCUT2D eigenvalue weighted by Gasteiger charge is 2.33. The van der Waals surface area contributed by atoms with E-state index in [0.29, 0.717) is 13.1 Å². The van der Waals surface area contributed by atoms with Crippen LogP contribution < -0.4 is 4.74 Å². The predicted molar refractivity (Wildman–Crippen MR) is 129 cm³/mol. The van der Waals surface area contributed by atoms with Gasteiger partial charge in [-0.25, -0.2) is 9.78 Å². The molecule has 1 aromatic carbocycles. The molecule has 0 atom stereocenters. The maximum Gasteiger partial charge on any atom is 0.319 e. The summed E-state index contributed by atoms with van der Waals surface area (Å²) in [5.41, 5.74) is 8.03. The summed E-state index contributed by atoms with van der Waals surface area (Å²) in [4.78, 5) is 20.6. The summed E-state index contributed by atoms with van der Waals surface area (Å²) in [7, 11) is 5.22. The van der Waals surface area contributed by atoms with Crippen molar-refractivity contribution in [1.82, 2.24) is 34.8 Å². The molecular weight excluding hydrogens is 430 g/mol. The van der Waals surface area contributed by atoms with E-state index < -0.39 is 0 Å². The number of pyridine rings is 1. The molecule has 9 heteroatoms. The third-order valence-electron chi connectivity index (χ3n) is 6.89. The third kappa shape index (κ3) is 3.22. The Morgan fingerprint density at radius 2 is 2.06 bits per heavy atom. The monoisotopic (exact) mass is 457 g/mol. The molecule has 1 saturated heterocycles. The number of benzene rings is 1. The molecule has 9 nitrogen and oxygen atoms in total. The van der Waals surface area contributed by atoms with Gasteiger partial charge >= 0.3 is 6.03 Å². The van der Waals surface area contributed by atoms with Crippen LogP contribution in [0.3, 0.4) is 0 Å². The normalized spacial score (nSPS) is 15.4. The zero-order valence-electron chi connectivity index (χ0n) is 19.6. The van der Waals surface area contributed by atoms with Crippen molar-refractivity contribution in [2.24, 2.45) is 0 Å². The number of fused-ring (bicyclic) bond motifs is 2. The molecule has 4 aromatic rings. The van der Waals surface area contributed by atoms with Crippen molar-refractivity contribution in [2.45, 2.75) is 25.3 Å². The van der Waals surface area contributed by atoms with Crippen LogP contribution in [0.4, 0.5) is 4.79 Å². The number of H-pyrrole nitrogens is 1. The van der Waals surface area contributed by atoms with Gasteiger partial charge in [0.15, 0.2) is 0 Å². The molecule has 3 aromatic heterocycles. The van der Waals surface area contributed by atoms with Crippen molar-refractivity contribution in [1.29, 1.82) is 0 Å². The van der Waals surface area contributed by atoms with Gasteiger partial charge in [0, 0.05) is 50.6 Å². The first kappa shape index (κ1) is 20.7. The van der Waals surface area contributed by atoms with E-state index in [1.807, 2.05) is 28.0 Å². The SMILES string of the molecule is COc1cc2[nH]nc(-c3cnn(C4CN(C(=O)N(C)C)C4)c3)c2nc1-c1cccc2c1CCC2. The Bertz CT molecular complexity index is 1400. The molecule has 4 heterocycles. The zero-order chi connectivity index (χ0) is 23.4. The van der Waals surface area contributed by atoms with Crippen LogP contribution in [0.1, 0.15) is 23.6 Å². The van der Waals surface area contributed by atoms with E-state index in [1.165, 1.54) is 17.5 Å². The summed E-state index contributed by atoms with van der Waals surface area (Å²) in [6.07, 6.45) is 7.16. The smallest absolute Gasteiger partial charge is 0.319 e. The van der Waals surface area contributed by atoms with Crippen LogP contribution in [0.15, 0.2) is 36.7 Å². The maximum atomic E-state index is 12.1. The van der Waals surface area contributed by atoms with E-state index in [-0.39, 0.29) is 12.1 Å². The molecule has 1 N–H and O–H groups in total. The largest absolute Gasteiger partial charge is 0.494 e. The van der Waals surface area contributed by atoms with Gasteiger partial charge in [-0.15, -0.1) is 0 Å². The fourth-order valence-electron chi connectivity index (χ4n) is 5.04. The van der Waals surface area contributed by atoms with Crippen molar-refractivity contribution >= 4 is 17.1 Å². The fourth-order valence-corrected chi connectivity index (χ4v) is 5.04. The van der Waals surface area contributed by atoms with Crippen LogP contribution in [0, 0.1) is 0 Å². The van der Waals surface area contributed by atoms with Crippen molar-refractivity contribution in [3.05, 3.63) is 47.8 Å². The average molecular weight is 458 g/mol. The van der Waals surface area contributed by atoms with Gasteiger partial charge in [-0.3, -0.25) is 9.78 Å². The Morgan fingerprint density at radius 3 is 2.85 bits per heavy atom. The summed E-state index contributed by atoms with van der Waals surface area (Å²) in [5.74, 6) is 0.735. The van der Waals surface area contributed by atoms with Gasteiger partial charge < -0.3 is 14.5 Å². The van der Waals surface area contributed by atoms with Crippen LogP contribution in [0.25, 0.3) is 33.5 Å².